The van der Waals surface area contributed by atoms with Crippen LogP contribution in [0, 0.1) is 5.92 Å². The van der Waals surface area contributed by atoms with Gasteiger partial charge in [0.1, 0.15) is 6.04 Å². The Morgan fingerprint density at radius 2 is 1.46 bits per heavy atom. The number of methoxy groups -OCH3 is 1. The second-order valence-electron chi connectivity index (χ2n) is 6.38. The standard InChI is InChI=1S/C19H24N2O4S/c1-13(2)18(19(22)25-4)21(3)26(23,24)17-11-7-15(8-12-17)14-5-9-16(20)10-6-14/h5-13,18H,20H2,1-4H3/t18-/m0/s1. The molecule has 1 atom stereocenters. The molecule has 2 N–H and O–H groups in total. The van der Waals surface area contributed by atoms with E-state index in [2.05, 4.69) is 0 Å². The van der Waals surface area contributed by atoms with E-state index in [0.717, 1.165) is 15.4 Å². The molecule has 0 heterocycles. The topological polar surface area (TPSA) is 89.7 Å². The number of nitrogen functional groups attached to an aromatic ring is 1. The van der Waals surface area contributed by atoms with Crippen LogP contribution in [0.3, 0.4) is 0 Å². The molecule has 0 bridgehead atoms. The molecule has 0 radical (unpaired) electrons. The van der Waals surface area contributed by atoms with E-state index in [4.69, 9.17) is 10.5 Å². The van der Waals surface area contributed by atoms with Gasteiger partial charge in [0, 0.05) is 12.7 Å². The largest absolute Gasteiger partial charge is 0.468 e. The molecule has 0 unspecified atom stereocenters. The number of rotatable bonds is 6. The van der Waals surface area contributed by atoms with Crippen molar-refractivity contribution in [3.05, 3.63) is 48.5 Å². The molecule has 0 saturated heterocycles. The first-order valence-corrected chi connectivity index (χ1v) is 9.64. The normalized spacial score (nSPS) is 13.0. The maximum Gasteiger partial charge on any atom is 0.324 e. The molecule has 2 rings (SSSR count). The zero-order valence-corrected chi connectivity index (χ0v) is 16.2. The van der Waals surface area contributed by atoms with E-state index in [1.807, 2.05) is 12.1 Å². The van der Waals surface area contributed by atoms with E-state index in [1.165, 1.54) is 26.3 Å². The van der Waals surface area contributed by atoms with Crippen LogP contribution in [0.2, 0.25) is 0 Å². The monoisotopic (exact) mass is 376 g/mol. The number of benzene rings is 2. The van der Waals surface area contributed by atoms with Crippen molar-refractivity contribution in [1.82, 2.24) is 4.31 Å². The van der Waals surface area contributed by atoms with Crippen molar-refractivity contribution in [1.29, 1.82) is 0 Å². The number of hydrogen-bond donors (Lipinski definition) is 1. The van der Waals surface area contributed by atoms with Crippen LogP contribution in [0.1, 0.15) is 13.8 Å². The lowest BCUT2D eigenvalue weighted by atomic mass is 10.1. The third-order valence-corrected chi connectivity index (χ3v) is 6.09. The van der Waals surface area contributed by atoms with Crippen LogP contribution in [-0.2, 0) is 19.6 Å². The Morgan fingerprint density at radius 1 is 1.00 bits per heavy atom. The molecule has 26 heavy (non-hydrogen) atoms. The molecular formula is C19H24N2O4S. The van der Waals surface area contributed by atoms with Gasteiger partial charge < -0.3 is 10.5 Å². The summed E-state index contributed by atoms with van der Waals surface area (Å²) in [5, 5.41) is 0. The van der Waals surface area contributed by atoms with Crippen molar-refractivity contribution in [2.75, 3.05) is 19.9 Å². The molecule has 0 fully saturated rings. The molecule has 0 aliphatic heterocycles. The summed E-state index contributed by atoms with van der Waals surface area (Å²) in [5.41, 5.74) is 8.16. The first-order valence-electron chi connectivity index (χ1n) is 8.20. The number of nitrogens with two attached hydrogens (primary N) is 1. The minimum atomic E-state index is -3.83. The number of anilines is 1. The second-order valence-corrected chi connectivity index (χ2v) is 8.38. The summed E-state index contributed by atoms with van der Waals surface area (Å²) in [5.74, 6) is -0.805. The van der Waals surface area contributed by atoms with Crippen LogP contribution in [0.15, 0.2) is 53.4 Å². The molecule has 2 aromatic carbocycles. The van der Waals surface area contributed by atoms with E-state index in [0.29, 0.717) is 5.69 Å². The highest BCUT2D eigenvalue weighted by Crippen LogP contribution is 2.25. The average molecular weight is 376 g/mol. The van der Waals surface area contributed by atoms with Gasteiger partial charge in [0.2, 0.25) is 10.0 Å². The zero-order valence-electron chi connectivity index (χ0n) is 15.3. The van der Waals surface area contributed by atoms with Crippen molar-refractivity contribution < 1.29 is 17.9 Å². The zero-order chi connectivity index (χ0) is 19.5. The molecular weight excluding hydrogens is 352 g/mol. The molecule has 0 aromatic heterocycles. The van der Waals surface area contributed by atoms with Crippen LogP contribution in [0.25, 0.3) is 11.1 Å². The Kier molecular flexibility index (Phi) is 6.05. The summed E-state index contributed by atoms with van der Waals surface area (Å²) in [4.78, 5) is 12.1. The molecule has 2 aromatic rings. The smallest absolute Gasteiger partial charge is 0.324 e. The molecule has 0 spiro atoms. The Bertz CT molecular complexity index is 859. The summed E-state index contributed by atoms with van der Waals surface area (Å²) >= 11 is 0. The van der Waals surface area contributed by atoms with E-state index < -0.39 is 22.0 Å². The van der Waals surface area contributed by atoms with Crippen molar-refractivity contribution in [2.24, 2.45) is 5.92 Å². The number of likely N-dealkylation sites (N-methyl/N-ethyl adjacent to an activating group) is 1. The molecule has 0 aliphatic carbocycles. The molecule has 7 heteroatoms. The van der Waals surface area contributed by atoms with Crippen LogP contribution in [-0.4, -0.2) is 38.9 Å². The Morgan fingerprint density at radius 3 is 1.88 bits per heavy atom. The van der Waals surface area contributed by atoms with E-state index in [9.17, 15) is 13.2 Å². The van der Waals surface area contributed by atoms with Crippen LogP contribution >= 0.6 is 0 Å². The van der Waals surface area contributed by atoms with Gasteiger partial charge in [-0.05, 0) is 41.3 Å². The number of esters is 1. The fourth-order valence-corrected chi connectivity index (χ4v) is 4.21. The fraction of sp³-hybridized carbons (Fsp3) is 0.316. The Hall–Kier alpha value is -2.38. The molecule has 6 nitrogen and oxygen atoms in total. The predicted molar refractivity (Wildman–Crippen MR) is 102 cm³/mol. The summed E-state index contributed by atoms with van der Waals surface area (Å²) in [6, 6.07) is 13.0. The number of sulfonamides is 1. The summed E-state index contributed by atoms with van der Waals surface area (Å²) in [6.07, 6.45) is 0. The minimum Gasteiger partial charge on any atom is -0.468 e. The van der Waals surface area contributed by atoms with E-state index >= 15 is 0 Å². The highest BCUT2D eigenvalue weighted by atomic mass is 32.2. The maximum atomic E-state index is 12.9. The quantitative estimate of drug-likeness (QED) is 0.618. The van der Waals surface area contributed by atoms with Crippen LogP contribution in [0.4, 0.5) is 5.69 Å². The number of carbonyl (C=O) groups is 1. The van der Waals surface area contributed by atoms with Gasteiger partial charge in [0.25, 0.3) is 0 Å². The van der Waals surface area contributed by atoms with E-state index in [1.54, 1.807) is 38.1 Å². The van der Waals surface area contributed by atoms with Gasteiger partial charge in [0.15, 0.2) is 0 Å². The summed E-state index contributed by atoms with van der Waals surface area (Å²) < 4.78 is 31.6. The van der Waals surface area contributed by atoms with Gasteiger partial charge in [0.05, 0.1) is 12.0 Å². The molecule has 0 amide bonds. The molecule has 0 aliphatic rings. The van der Waals surface area contributed by atoms with Gasteiger partial charge in [-0.25, -0.2) is 8.42 Å². The van der Waals surface area contributed by atoms with Crippen molar-refractivity contribution in [3.8, 4) is 11.1 Å². The first kappa shape index (κ1) is 19.9. The third-order valence-electron chi connectivity index (χ3n) is 4.24. The van der Waals surface area contributed by atoms with Crippen molar-refractivity contribution in [2.45, 2.75) is 24.8 Å². The molecule has 140 valence electrons. The first-order chi connectivity index (χ1) is 12.2. The van der Waals surface area contributed by atoms with Crippen LogP contribution in [0.5, 0.6) is 0 Å². The van der Waals surface area contributed by atoms with Gasteiger partial charge in [-0.1, -0.05) is 38.1 Å². The SMILES string of the molecule is COC(=O)[C@H](C(C)C)N(C)S(=O)(=O)c1ccc(-c2ccc(N)cc2)cc1. The number of hydrogen-bond acceptors (Lipinski definition) is 5. The lowest BCUT2D eigenvalue weighted by Crippen LogP contribution is -2.46. The van der Waals surface area contributed by atoms with Gasteiger partial charge in [-0.2, -0.15) is 4.31 Å². The lowest BCUT2D eigenvalue weighted by molar-refractivity contribution is -0.146. The lowest BCUT2D eigenvalue weighted by Gasteiger charge is -2.28. The number of ether oxygens (including phenoxy) is 1. The highest BCUT2D eigenvalue weighted by Gasteiger charge is 2.35. The number of carbonyl (C=O) groups excluding carboxylic acids is 1. The predicted octanol–water partition coefficient (Wildman–Crippen LogP) is 2.75. The van der Waals surface area contributed by atoms with Gasteiger partial charge in [-0.3, -0.25) is 4.79 Å². The number of nitrogens with zero attached hydrogens (tertiary/aromatic N) is 1. The average Bonchev–Trinajstić information content (AvgIpc) is 2.62. The summed E-state index contributed by atoms with van der Waals surface area (Å²) in [7, 11) is -1.19. The Labute approximate surface area is 154 Å². The van der Waals surface area contributed by atoms with Crippen molar-refractivity contribution in [3.63, 3.8) is 0 Å². The summed E-state index contributed by atoms with van der Waals surface area (Å²) in [6.45, 7) is 3.55. The fourth-order valence-electron chi connectivity index (χ4n) is 2.77. The van der Waals surface area contributed by atoms with E-state index in [-0.39, 0.29) is 10.8 Å². The van der Waals surface area contributed by atoms with Gasteiger partial charge in [-0.15, -0.1) is 0 Å². The van der Waals surface area contributed by atoms with Crippen LogP contribution < -0.4 is 5.73 Å². The third kappa shape index (κ3) is 4.05. The highest BCUT2D eigenvalue weighted by molar-refractivity contribution is 7.89. The maximum absolute atomic E-state index is 12.9. The molecule has 0 saturated carbocycles. The van der Waals surface area contributed by atoms with Crippen molar-refractivity contribution >= 4 is 21.7 Å². The minimum absolute atomic E-state index is 0.119. The van der Waals surface area contributed by atoms with Gasteiger partial charge >= 0.3 is 5.97 Å². The Balaban J connectivity index is 2.33. The second kappa shape index (κ2) is 7.88.